The van der Waals surface area contributed by atoms with Crippen LogP contribution in [0.4, 0.5) is 0 Å². The molecule has 0 bridgehead atoms. The highest BCUT2D eigenvalue weighted by atomic mass is 35.5. The molecule has 98 valence electrons. The summed E-state index contributed by atoms with van der Waals surface area (Å²) < 4.78 is 0. The molecule has 1 saturated carbocycles. The second kappa shape index (κ2) is 5.68. The standard InChI is InChI=1S/C13H14Cl3NO/c14-7-13(3-4-13)8-17-12(18)6-9-1-2-10(15)11(16)5-9/h1-2,5H,3-4,6-8H2,(H,17,18). The first kappa shape index (κ1) is 14.0. The highest BCUT2D eigenvalue weighted by molar-refractivity contribution is 6.42. The highest BCUT2D eigenvalue weighted by Gasteiger charge is 2.41. The lowest BCUT2D eigenvalue weighted by molar-refractivity contribution is -0.120. The Bertz CT molecular complexity index is 458. The van der Waals surface area contributed by atoms with Crippen molar-refractivity contribution < 1.29 is 4.79 Å². The maximum Gasteiger partial charge on any atom is 0.224 e. The first-order valence-corrected chi connectivity index (χ1v) is 7.10. The summed E-state index contributed by atoms with van der Waals surface area (Å²) in [6.45, 7) is 0.663. The largest absolute Gasteiger partial charge is 0.355 e. The van der Waals surface area contributed by atoms with Gasteiger partial charge in [0.1, 0.15) is 0 Å². The molecule has 1 aromatic rings. The van der Waals surface area contributed by atoms with Gasteiger partial charge in [-0.2, -0.15) is 0 Å². The molecule has 0 heterocycles. The Morgan fingerprint density at radius 3 is 2.56 bits per heavy atom. The van der Waals surface area contributed by atoms with Crippen LogP contribution in [0.3, 0.4) is 0 Å². The Labute approximate surface area is 122 Å². The lowest BCUT2D eigenvalue weighted by atomic mass is 10.1. The quantitative estimate of drug-likeness (QED) is 0.826. The van der Waals surface area contributed by atoms with Crippen molar-refractivity contribution in [1.29, 1.82) is 0 Å². The lowest BCUT2D eigenvalue weighted by Gasteiger charge is -2.12. The Hall–Kier alpha value is -0.440. The van der Waals surface area contributed by atoms with Crippen LogP contribution in [0, 0.1) is 5.41 Å². The van der Waals surface area contributed by atoms with Gasteiger partial charge in [-0.15, -0.1) is 11.6 Å². The minimum Gasteiger partial charge on any atom is -0.355 e. The van der Waals surface area contributed by atoms with E-state index in [-0.39, 0.29) is 11.3 Å². The van der Waals surface area contributed by atoms with Crippen LogP contribution in [0.2, 0.25) is 10.0 Å². The van der Waals surface area contributed by atoms with E-state index in [1.54, 1.807) is 12.1 Å². The van der Waals surface area contributed by atoms with E-state index in [1.165, 1.54) is 0 Å². The molecule has 5 heteroatoms. The summed E-state index contributed by atoms with van der Waals surface area (Å²) in [5, 5.41) is 3.89. The number of halogens is 3. The van der Waals surface area contributed by atoms with Gasteiger partial charge in [0, 0.05) is 17.8 Å². The van der Waals surface area contributed by atoms with Gasteiger partial charge in [0.25, 0.3) is 0 Å². The summed E-state index contributed by atoms with van der Waals surface area (Å²) >= 11 is 17.6. The van der Waals surface area contributed by atoms with E-state index < -0.39 is 0 Å². The van der Waals surface area contributed by atoms with Crippen LogP contribution >= 0.6 is 34.8 Å². The zero-order valence-electron chi connectivity index (χ0n) is 9.81. The number of hydrogen-bond donors (Lipinski definition) is 1. The fraction of sp³-hybridized carbons (Fsp3) is 0.462. The molecule has 2 nitrogen and oxygen atoms in total. The highest BCUT2D eigenvalue weighted by Crippen LogP contribution is 2.45. The molecule has 2 rings (SSSR count). The summed E-state index contributed by atoms with van der Waals surface area (Å²) in [4.78, 5) is 11.8. The molecule has 1 N–H and O–H groups in total. The van der Waals surface area contributed by atoms with Gasteiger partial charge >= 0.3 is 0 Å². The van der Waals surface area contributed by atoms with Crippen molar-refractivity contribution in [3.8, 4) is 0 Å². The van der Waals surface area contributed by atoms with Crippen LogP contribution in [0.15, 0.2) is 18.2 Å². The Morgan fingerprint density at radius 2 is 2.00 bits per heavy atom. The molecule has 0 aliphatic heterocycles. The number of benzene rings is 1. The van der Waals surface area contributed by atoms with Crippen molar-refractivity contribution in [2.45, 2.75) is 19.3 Å². The van der Waals surface area contributed by atoms with Crippen LogP contribution in [0.1, 0.15) is 18.4 Å². The molecule has 0 unspecified atom stereocenters. The van der Waals surface area contributed by atoms with Crippen molar-refractivity contribution >= 4 is 40.7 Å². The molecule has 0 aromatic heterocycles. The van der Waals surface area contributed by atoms with E-state index >= 15 is 0 Å². The van der Waals surface area contributed by atoms with Crippen LogP contribution in [0.25, 0.3) is 0 Å². The van der Waals surface area contributed by atoms with Gasteiger partial charge in [-0.25, -0.2) is 0 Å². The van der Waals surface area contributed by atoms with Crippen molar-refractivity contribution in [3.63, 3.8) is 0 Å². The van der Waals surface area contributed by atoms with Crippen LogP contribution < -0.4 is 5.32 Å². The average molecular weight is 307 g/mol. The van der Waals surface area contributed by atoms with Crippen molar-refractivity contribution in [3.05, 3.63) is 33.8 Å². The first-order chi connectivity index (χ1) is 8.54. The van der Waals surface area contributed by atoms with Gasteiger partial charge in [0.2, 0.25) is 5.91 Å². The third kappa shape index (κ3) is 3.53. The number of amides is 1. The summed E-state index contributed by atoms with van der Waals surface area (Å²) in [6.07, 6.45) is 2.52. The van der Waals surface area contributed by atoms with Gasteiger partial charge in [0.05, 0.1) is 16.5 Å². The fourth-order valence-corrected chi connectivity index (χ4v) is 2.40. The number of carbonyl (C=O) groups is 1. The number of nitrogens with one attached hydrogen (secondary N) is 1. The third-order valence-electron chi connectivity index (χ3n) is 3.25. The molecular weight excluding hydrogens is 293 g/mol. The topological polar surface area (TPSA) is 29.1 Å². The summed E-state index contributed by atoms with van der Waals surface area (Å²) in [5.41, 5.74) is 1.01. The minimum atomic E-state index is -0.00946. The van der Waals surface area contributed by atoms with E-state index in [0.717, 1.165) is 18.4 Å². The van der Waals surface area contributed by atoms with Crippen LogP contribution in [-0.2, 0) is 11.2 Å². The van der Waals surface area contributed by atoms with E-state index in [4.69, 9.17) is 34.8 Å². The second-order valence-corrected chi connectivity index (χ2v) is 5.92. The van der Waals surface area contributed by atoms with E-state index in [1.807, 2.05) is 6.07 Å². The van der Waals surface area contributed by atoms with Crippen molar-refractivity contribution in [2.75, 3.05) is 12.4 Å². The van der Waals surface area contributed by atoms with E-state index in [0.29, 0.717) is 28.9 Å². The SMILES string of the molecule is O=C(Cc1ccc(Cl)c(Cl)c1)NCC1(CCl)CC1. The molecule has 1 aliphatic carbocycles. The summed E-state index contributed by atoms with van der Waals surface area (Å²) in [6, 6.07) is 5.23. The Kier molecular flexibility index (Phi) is 4.41. The number of alkyl halides is 1. The minimum absolute atomic E-state index is 0.00946. The molecule has 1 fully saturated rings. The maximum absolute atomic E-state index is 11.8. The van der Waals surface area contributed by atoms with E-state index in [2.05, 4.69) is 5.32 Å². The molecule has 0 radical (unpaired) electrons. The molecule has 0 spiro atoms. The smallest absolute Gasteiger partial charge is 0.224 e. The number of carbonyl (C=O) groups excluding carboxylic acids is 1. The maximum atomic E-state index is 11.8. The Balaban J connectivity index is 1.85. The summed E-state index contributed by atoms with van der Waals surface area (Å²) in [7, 11) is 0. The van der Waals surface area contributed by atoms with Gasteiger partial charge < -0.3 is 5.32 Å². The second-order valence-electron chi connectivity index (χ2n) is 4.84. The number of rotatable bonds is 5. The predicted octanol–water partition coefficient (Wildman–Crippen LogP) is 3.67. The molecule has 0 atom stereocenters. The zero-order valence-corrected chi connectivity index (χ0v) is 12.1. The molecular formula is C13H14Cl3NO. The molecule has 18 heavy (non-hydrogen) atoms. The molecule has 1 aliphatic rings. The van der Waals surface area contributed by atoms with Crippen LogP contribution in [-0.4, -0.2) is 18.3 Å². The monoisotopic (exact) mass is 305 g/mol. The fourth-order valence-electron chi connectivity index (χ4n) is 1.72. The third-order valence-corrected chi connectivity index (χ3v) is 4.56. The van der Waals surface area contributed by atoms with Crippen LogP contribution in [0.5, 0.6) is 0 Å². The normalized spacial score (nSPS) is 16.4. The first-order valence-electron chi connectivity index (χ1n) is 5.81. The van der Waals surface area contributed by atoms with Crippen molar-refractivity contribution in [1.82, 2.24) is 5.32 Å². The van der Waals surface area contributed by atoms with Crippen molar-refractivity contribution in [2.24, 2.45) is 5.41 Å². The molecule has 1 aromatic carbocycles. The molecule has 0 saturated heterocycles. The van der Waals surface area contributed by atoms with Gasteiger partial charge in [-0.1, -0.05) is 29.3 Å². The summed E-state index contributed by atoms with van der Waals surface area (Å²) in [5.74, 6) is 0.602. The van der Waals surface area contributed by atoms with Gasteiger partial charge in [-0.05, 0) is 30.5 Å². The number of hydrogen-bond acceptors (Lipinski definition) is 1. The van der Waals surface area contributed by atoms with Gasteiger partial charge in [0.15, 0.2) is 0 Å². The zero-order chi connectivity index (χ0) is 13.2. The Morgan fingerprint density at radius 1 is 1.28 bits per heavy atom. The molecule has 1 amide bonds. The average Bonchev–Trinajstić information content (AvgIpc) is 3.12. The predicted molar refractivity (Wildman–Crippen MR) is 75.6 cm³/mol. The van der Waals surface area contributed by atoms with E-state index in [9.17, 15) is 4.79 Å². The lowest BCUT2D eigenvalue weighted by Crippen LogP contribution is -2.32. The van der Waals surface area contributed by atoms with Gasteiger partial charge in [-0.3, -0.25) is 4.79 Å².